The number of hydrogen-bond donors (Lipinski definition) is 0. The Hall–Kier alpha value is -2.57. The van der Waals surface area contributed by atoms with Crippen molar-refractivity contribution in [2.24, 2.45) is 10.2 Å². The molecule has 4 nitrogen and oxygen atoms in total. The largest absolute Gasteiger partial charge is 0.497 e. The lowest BCUT2D eigenvalue weighted by atomic mass is 10.1. The summed E-state index contributed by atoms with van der Waals surface area (Å²) in [6.45, 7) is 0.174. The maximum absolute atomic E-state index is 12.5. The molecule has 0 bridgehead atoms. The minimum Gasteiger partial charge on any atom is -0.497 e. The van der Waals surface area contributed by atoms with Crippen molar-refractivity contribution in [1.29, 1.82) is 0 Å². The molecule has 0 saturated carbocycles. The monoisotopic (exact) mass is 324 g/mol. The summed E-state index contributed by atoms with van der Waals surface area (Å²) in [5.74, 6) is 1.13. The van der Waals surface area contributed by atoms with E-state index in [2.05, 4.69) is 10.2 Å². The van der Waals surface area contributed by atoms with Gasteiger partial charge in [0.1, 0.15) is 17.2 Å². The average Bonchev–Trinajstić information content (AvgIpc) is 2.54. The standard InChI is InChI=1S/C16H15F3N2O2/c1-22-13-7-8-14(15(9-13)23-2)21-20-10-11-3-5-12(6-4-11)16(17,18)19/h3-9H,10H2,1-2H3. The summed E-state index contributed by atoms with van der Waals surface area (Å²) in [7, 11) is 3.05. The molecule has 0 atom stereocenters. The number of benzene rings is 2. The number of ether oxygens (including phenoxy) is 2. The summed E-state index contributed by atoms with van der Waals surface area (Å²) in [5, 5.41) is 8.03. The van der Waals surface area contributed by atoms with Gasteiger partial charge in [0.05, 0.1) is 26.3 Å². The highest BCUT2D eigenvalue weighted by Gasteiger charge is 2.29. The molecule has 7 heteroatoms. The van der Waals surface area contributed by atoms with Crippen LogP contribution in [0.2, 0.25) is 0 Å². The molecule has 2 rings (SSSR count). The van der Waals surface area contributed by atoms with Gasteiger partial charge < -0.3 is 9.47 Å². The van der Waals surface area contributed by atoms with Gasteiger partial charge >= 0.3 is 6.18 Å². The van der Waals surface area contributed by atoms with E-state index in [0.717, 1.165) is 12.1 Å². The molecule has 2 aromatic rings. The molecule has 0 aromatic heterocycles. The highest BCUT2D eigenvalue weighted by atomic mass is 19.4. The van der Waals surface area contributed by atoms with Gasteiger partial charge in [-0.05, 0) is 29.8 Å². The van der Waals surface area contributed by atoms with E-state index in [1.165, 1.54) is 19.2 Å². The lowest BCUT2D eigenvalue weighted by Crippen LogP contribution is -2.04. The zero-order valence-corrected chi connectivity index (χ0v) is 12.6. The van der Waals surface area contributed by atoms with Gasteiger partial charge in [-0.3, -0.25) is 0 Å². The van der Waals surface area contributed by atoms with E-state index in [1.807, 2.05) is 0 Å². The van der Waals surface area contributed by atoms with Crippen LogP contribution in [0.1, 0.15) is 11.1 Å². The van der Waals surface area contributed by atoms with Gasteiger partial charge in [0.25, 0.3) is 0 Å². The average molecular weight is 324 g/mol. The Bertz CT molecular complexity index is 683. The van der Waals surface area contributed by atoms with E-state index < -0.39 is 11.7 Å². The summed E-state index contributed by atoms with van der Waals surface area (Å²) in [6.07, 6.45) is -4.34. The number of azo groups is 1. The summed E-state index contributed by atoms with van der Waals surface area (Å²) < 4.78 is 47.7. The number of alkyl halides is 3. The van der Waals surface area contributed by atoms with Crippen molar-refractivity contribution in [3.63, 3.8) is 0 Å². The molecular formula is C16H15F3N2O2. The van der Waals surface area contributed by atoms with Crippen LogP contribution in [-0.2, 0) is 12.7 Å². The van der Waals surface area contributed by atoms with Gasteiger partial charge in [0.2, 0.25) is 0 Å². The Balaban J connectivity index is 2.07. The number of hydrogen-bond acceptors (Lipinski definition) is 4. The molecule has 0 unspecified atom stereocenters. The minimum absolute atomic E-state index is 0.174. The van der Waals surface area contributed by atoms with Gasteiger partial charge in [-0.1, -0.05) is 12.1 Å². The number of rotatable bonds is 5. The third kappa shape index (κ3) is 4.45. The first-order valence-corrected chi connectivity index (χ1v) is 6.69. The highest BCUT2D eigenvalue weighted by molar-refractivity contribution is 5.54. The van der Waals surface area contributed by atoms with E-state index in [1.54, 1.807) is 25.3 Å². The van der Waals surface area contributed by atoms with Gasteiger partial charge in [-0.25, -0.2) is 0 Å². The van der Waals surface area contributed by atoms with E-state index in [9.17, 15) is 13.2 Å². The summed E-state index contributed by atoms with van der Waals surface area (Å²) in [6, 6.07) is 9.90. The van der Waals surface area contributed by atoms with Crippen molar-refractivity contribution in [1.82, 2.24) is 0 Å². The van der Waals surface area contributed by atoms with Gasteiger partial charge in [-0.15, -0.1) is 0 Å². The summed E-state index contributed by atoms with van der Waals surface area (Å²) in [5.41, 5.74) is 0.462. The topological polar surface area (TPSA) is 43.2 Å². The molecule has 2 aromatic carbocycles. The molecule has 0 aliphatic rings. The molecule has 0 fully saturated rings. The van der Waals surface area contributed by atoms with Crippen molar-refractivity contribution < 1.29 is 22.6 Å². The molecule has 23 heavy (non-hydrogen) atoms. The van der Waals surface area contributed by atoms with Gasteiger partial charge in [0.15, 0.2) is 0 Å². The number of nitrogens with zero attached hydrogens (tertiary/aromatic N) is 2. The van der Waals surface area contributed by atoms with Crippen LogP contribution < -0.4 is 9.47 Å². The second-order valence-corrected chi connectivity index (χ2v) is 4.63. The highest BCUT2D eigenvalue weighted by Crippen LogP contribution is 2.32. The van der Waals surface area contributed by atoms with Crippen molar-refractivity contribution in [3.8, 4) is 11.5 Å². The molecule has 0 saturated heterocycles. The van der Waals surface area contributed by atoms with Crippen LogP contribution in [0.4, 0.5) is 18.9 Å². The Morgan fingerprint density at radius 2 is 1.65 bits per heavy atom. The van der Waals surface area contributed by atoms with Crippen LogP contribution in [0.3, 0.4) is 0 Å². The fraction of sp³-hybridized carbons (Fsp3) is 0.250. The van der Waals surface area contributed by atoms with E-state index in [-0.39, 0.29) is 6.54 Å². The zero-order chi connectivity index (χ0) is 16.9. The molecule has 0 heterocycles. The van der Waals surface area contributed by atoms with Crippen LogP contribution in [0, 0.1) is 0 Å². The molecular weight excluding hydrogens is 309 g/mol. The maximum atomic E-state index is 12.5. The molecule has 0 aliphatic heterocycles. The molecule has 0 spiro atoms. The Morgan fingerprint density at radius 1 is 0.957 bits per heavy atom. The molecule has 0 radical (unpaired) electrons. The van der Waals surface area contributed by atoms with Crippen molar-refractivity contribution in [2.75, 3.05) is 14.2 Å². The number of halogens is 3. The summed E-state index contributed by atoms with van der Waals surface area (Å²) in [4.78, 5) is 0. The molecule has 0 amide bonds. The van der Waals surface area contributed by atoms with Crippen LogP contribution in [0.5, 0.6) is 11.5 Å². The lowest BCUT2D eigenvalue weighted by molar-refractivity contribution is -0.137. The van der Waals surface area contributed by atoms with Gasteiger partial charge in [0, 0.05) is 6.07 Å². The summed E-state index contributed by atoms with van der Waals surface area (Å²) >= 11 is 0. The van der Waals surface area contributed by atoms with E-state index >= 15 is 0 Å². The Morgan fingerprint density at radius 3 is 2.22 bits per heavy atom. The normalized spacial score (nSPS) is 11.7. The van der Waals surface area contributed by atoms with Crippen LogP contribution in [0.15, 0.2) is 52.7 Å². The molecule has 0 aliphatic carbocycles. The smallest absolute Gasteiger partial charge is 0.416 e. The van der Waals surface area contributed by atoms with Crippen LogP contribution in [0.25, 0.3) is 0 Å². The molecule has 122 valence electrons. The second-order valence-electron chi connectivity index (χ2n) is 4.63. The molecule has 0 N–H and O–H groups in total. The quantitative estimate of drug-likeness (QED) is 0.726. The Labute approximate surface area is 131 Å². The Kier molecular flexibility index (Phi) is 5.20. The first-order chi connectivity index (χ1) is 10.9. The predicted molar refractivity (Wildman–Crippen MR) is 79.2 cm³/mol. The maximum Gasteiger partial charge on any atom is 0.416 e. The first-order valence-electron chi connectivity index (χ1n) is 6.69. The van der Waals surface area contributed by atoms with Crippen molar-refractivity contribution in [2.45, 2.75) is 12.7 Å². The SMILES string of the molecule is COc1ccc(N=NCc2ccc(C(F)(F)F)cc2)c(OC)c1. The third-order valence-corrected chi connectivity index (χ3v) is 3.10. The predicted octanol–water partition coefficient (Wildman–Crippen LogP) is 5.01. The van der Waals surface area contributed by atoms with Crippen molar-refractivity contribution in [3.05, 3.63) is 53.6 Å². The third-order valence-electron chi connectivity index (χ3n) is 3.10. The number of methoxy groups -OCH3 is 2. The van der Waals surface area contributed by atoms with Crippen molar-refractivity contribution >= 4 is 5.69 Å². The zero-order valence-electron chi connectivity index (χ0n) is 12.6. The first kappa shape index (κ1) is 16.8. The second kappa shape index (κ2) is 7.13. The minimum atomic E-state index is -4.34. The fourth-order valence-corrected chi connectivity index (χ4v) is 1.86. The van der Waals surface area contributed by atoms with Crippen LogP contribution in [-0.4, -0.2) is 14.2 Å². The fourth-order valence-electron chi connectivity index (χ4n) is 1.86. The van der Waals surface area contributed by atoms with E-state index in [0.29, 0.717) is 22.7 Å². The van der Waals surface area contributed by atoms with E-state index in [4.69, 9.17) is 9.47 Å². The van der Waals surface area contributed by atoms with Gasteiger partial charge in [-0.2, -0.15) is 23.4 Å². The van der Waals surface area contributed by atoms with Crippen LogP contribution >= 0.6 is 0 Å². The lowest BCUT2D eigenvalue weighted by Gasteiger charge is -2.07.